The molecule has 14 heteroatoms. The van der Waals surface area contributed by atoms with Gasteiger partial charge in [-0.1, -0.05) is 149 Å². The number of nitrogens with one attached hydrogen (secondary N) is 1. The van der Waals surface area contributed by atoms with E-state index >= 15 is 0 Å². The number of amides is 1. The van der Waals surface area contributed by atoms with Gasteiger partial charge in [-0.15, -0.1) is 0 Å². The largest absolute Gasteiger partial charge is 0.481 e. The standard InChI is InChI=1S/C23H43NO5.C14H27ClO.C9H17NO4.C8H19N/c1-5-6-7-8-9-10-11-12-13-14-15-16-20(25)24-19(17-18-21(26)27)22(28)29-23(2,3)4;1-2-3-4-5-6-7-8-9-10-11-12-13-14(15)16;1-9(2,3)14-8(13)6(10)4-5-7(11)12;1-6-9(7(2)3)8(4)5/h19H,5-18H2,1-4H3,(H,24,25)(H,26,27);2-13H2,1H3;6H,4-5,10H2,1-3H3,(H,11,12);7-8H,6H2,1-5H3/t19-;;6-;/m0.0./s1. The topological polar surface area (TPSA) is 203 Å². The molecule has 68 heavy (non-hydrogen) atoms. The summed E-state index contributed by atoms with van der Waals surface area (Å²) in [6.45, 7) is 27.2. The number of nitrogens with two attached hydrogens (primary N) is 1. The summed E-state index contributed by atoms with van der Waals surface area (Å²) in [6, 6.07) is -0.388. The van der Waals surface area contributed by atoms with Gasteiger partial charge in [-0.25, -0.2) is 4.79 Å². The molecule has 0 aliphatic heterocycles. The molecule has 1 amide bonds. The molecular weight excluding hydrogens is 886 g/mol. The third kappa shape index (κ3) is 57.5. The van der Waals surface area contributed by atoms with Gasteiger partial charge in [0.05, 0.1) is 0 Å². The first-order valence-corrected chi connectivity index (χ1v) is 27.0. The van der Waals surface area contributed by atoms with Crippen molar-refractivity contribution in [1.29, 1.82) is 0 Å². The predicted octanol–water partition coefficient (Wildman–Crippen LogP) is 13.5. The number of carbonyl (C=O) groups excluding carboxylic acids is 4. The quantitative estimate of drug-likeness (QED) is 0.0263. The van der Waals surface area contributed by atoms with Crippen LogP contribution in [0.15, 0.2) is 0 Å². The molecular formula is C54H106ClN3O10. The Morgan fingerprint density at radius 1 is 0.515 bits per heavy atom. The molecule has 0 aliphatic carbocycles. The highest BCUT2D eigenvalue weighted by atomic mass is 35.5. The summed E-state index contributed by atoms with van der Waals surface area (Å²) in [5, 5.41) is 19.7. The molecule has 0 radical (unpaired) electrons. The Balaban J connectivity index is -0.000000442. The number of esters is 2. The maximum Gasteiger partial charge on any atom is 0.329 e. The minimum atomic E-state index is -1.00. The lowest BCUT2D eigenvalue weighted by Gasteiger charge is -2.28. The minimum Gasteiger partial charge on any atom is -0.481 e. The van der Waals surface area contributed by atoms with Gasteiger partial charge < -0.3 is 30.7 Å². The summed E-state index contributed by atoms with van der Waals surface area (Å²) in [5.41, 5.74) is 4.17. The fraction of sp³-hybridized carbons (Fsp3) is 0.889. The van der Waals surface area contributed by atoms with Crippen molar-refractivity contribution in [2.24, 2.45) is 5.73 Å². The van der Waals surface area contributed by atoms with Crippen LogP contribution in [0.4, 0.5) is 0 Å². The molecule has 0 saturated carbocycles. The van der Waals surface area contributed by atoms with Gasteiger partial charge in [-0.05, 0) is 113 Å². The molecule has 0 fully saturated rings. The lowest BCUT2D eigenvalue weighted by molar-refractivity contribution is -0.159. The second-order valence-corrected chi connectivity index (χ2v) is 21.0. The summed E-state index contributed by atoms with van der Waals surface area (Å²) in [6.07, 6.45) is 28.4. The molecule has 0 unspecified atom stereocenters. The zero-order valence-electron chi connectivity index (χ0n) is 45.9. The van der Waals surface area contributed by atoms with E-state index in [4.69, 9.17) is 37.0 Å². The molecule has 404 valence electrons. The van der Waals surface area contributed by atoms with Gasteiger partial charge in [-0.3, -0.25) is 28.9 Å². The lowest BCUT2D eigenvalue weighted by atomic mass is 10.0. The summed E-state index contributed by atoms with van der Waals surface area (Å²) in [5.74, 6) is -3.32. The molecule has 0 aromatic carbocycles. The van der Waals surface area contributed by atoms with Crippen LogP contribution in [0, 0.1) is 0 Å². The van der Waals surface area contributed by atoms with E-state index < -0.39 is 47.2 Å². The molecule has 5 N–H and O–H groups in total. The Morgan fingerprint density at radius 2 is 0.838 bits per heavy atom. The highest BCUT2D eigenvalue weighted by Crippen LogP contribution is 2.15. The van der Waals surface area contributed by atoms with E-state index in [1.54, 1.807) is 41.5 Å². The number of rotatable bonds is 36. The van der Waals surface area contributed by atoms with E-state index in [2.05, 4.69) is 58.7 Å². The van der Waals surface area contributed by atoms with Gasteiger partial charge in [-0.2, -0.15) is 0 Å². The van der Waals surface area contributed by atoms with Crippen LogP contribution >= 0.6 is 11.6 Å². The van der Waals surface area contributed by atoms with Crippen LogP contribution in [0.25, 0.3) is 0 Å². The Hall–Kier alpha value is -2.77. The first kappa shape index (κ1) is 71.8. The van der Waals surface area contributed by atoms with Crippen LogP contribution < -0.4 is 11.1 Å². The molecule has 0 aliphatic rings. The average molecular weight is 993 g/mol. The van der Waals surface area contributed by atoms with Crippen LogP contribution in [0.2, 0.25) is 0 Å². The molecule has 0 aromatic heterocycles. The Bertz CT molecular complexity index is 1260. The Kier molecular flexibility index (Phi) is 49.2. The zero-order chi connectivity index (χ0) is 53.0. The fourth-order valence-electron chi connectivity index (χ4n) is 7.14. The van der Waals surface area contributed by atoms with Crippen LogP contribution in [0.1, 0.15) is 270 Å². The zero-order valence-corrected chi connectivity index (χ0v) is 46.6. The molecule has 0 saturated heterocycles. The first-order chi connectivity index (χ1) is 31.7. The summed E-state index contributed by atoms with van der Waals surface area (Å²) >= 11 is 5.26. The van der Waals surface area contributed by atoms with E-state index in [1.165, 1.54) is 109 Å². The van der Waals surface area contributed by atoms with Crippen LogP contribution in [-0.2, 0) is 38.2 Å². The van der Waals surface area contributed by atoms with Crippen molar-refractivity contribution < 1.29 is 48.5 Å². The van der Waals surface area contributed by atoms with Crippen molar-refractivity contribution in [3.63, 3.8) is 0 Å². The minimum absolute atomic E-state index is 0.0360. The highest BCUT2D eigenvalue weighted by Gasteiger charge is 2.27. The van der Waals surface area contributed by atoms with Crippen molar-refractivity contribution in [3.8, 4) is 0 Å². The lowest BCUT2D eigenvalue weighted by Crippen LogP contribution is -2.44. The summed E-state index contributed by atoms with van der Waals surface area (Å²) in [7, 11) is 0. The summed E-state index contributed by atoms with van der Waals surface area (Å²) < 4.78 is 10.3. The maximum atomic E-state index is 12.2. The number of carboxylic acid groups (broad SMARTS) is 2. The molecule has 0 heterocycles. The van der Waals surface area contributed by atoms with Crippen molar-refractivity contribution in [3.05, 3.63) is 0 Å². The highest BCUT2D eigenvalue weighted by molar-refractivity contribution is 6.63. The van der Waals surface area contributed by atoms with Crippen LogP contribution in [0.3, 0.4) is 0 Å². The molecule has 2 atom stereocenters. The van der Waals surface area contributed by atoms with Gasteiger partial charge in [0.2, 0.25) is 11.1 Å². The number of aliphatic carboxylic acids is 2. The van der Waals surface area contributed by atoms with Crippen molar-refractivity contribution in [2.75, 3.05) is 6.54 Å². The SMILES string of the molecule is CC(C)(C)OC(=O)[C@@H](N)CCC(=O)O.CCCCCCCCCCCCCC(=O)Cl.CCCCCCCCCCCCCC(=O)N[C@@H](CCC(=O)O)C(=O)OC(C)(C)C.CCN(C(C)C)C(C)C. The molecule has 0 rings (SSSR count). The van der Waals surface area contributed by atoms with Gasteiger partial charge in [0.1, 0.15) is 23.3 Å². The van der Waals surface area contributed by atoms with Crippen molar-refractivity contribution >= 4 is 46.6 Å². The molecule has 13 nitrogen and oxygen atoms in total. The number of unbranched alkanes of at least 4 members (excludes halogenated alkanes) is 20. The number of halogens is 1. The number of nitrogens with zero attached hydrogens (tertiary/aromatic N) is 1. The Morgan fingerprint density at radius 3 is 1.13 bits per heavy atom. The number of hydrogen-bond acceptors (Lipinski definition) is 10. The second kappa shape index (κ2) is 46.6. The van der Waals surface area contributed by atoms with Crippen molar-refractivity contribution in [1.82, 2.24) is 10.2 Å². The van der Waals surface area contributed by atoms with E-state index in [9.17, 15) is 28.8 Å². The van der Waals surface area contributed by atoms with Gasteiger partial charge in [0, 0.05) is 37.8 Å². The summed E-state index contributed by atoms with van der Waals surface area (Å²) in [4.78, 5) is 69.6. The molecule has 0 bridgehead atoms. The molecule has 0 aromatic rings. The van der Waals surface area contributed by atoms with E-state index in [1.807, 2.05) is 0 Å². The maximum absolute atomic E-state index is 12.2. The second-order valence-electron chi connectivity index (χ2n) is 20.6. The van der Waals surface area contributed by atoms with Gasteiger partial charge >= 0.3 is 23.9 Å². The van der Waals surface area contributed by atoms with E-state index in [0.717, 1.165) is 38.6 Å². The monoisotopic (exact) mass is 992 g/mol. The number of carbonyl (C=O) groups is 6. The fourth-order valence-corrected chi connectivity index (χ4v) is 7.27. The predicted molar refractivity (Wildman–Crippen MR) is 281 cm³/mol. The number of ether oxygens (including phenoxy) is 2. The van der Waals surface area contributed by atoms with E-state index in [-0.39, 0.29) is 36.8 Å². The normalized spacial score (nSPS) is 12.1. The van der Waals surface area contributed by atoms with Gasteiger partial charge in [0.25, 0.3) is 0 Å². The third-order valence-electron chi connectivity index (χ3n) is 10.7. The average Bonchev–Trinajstić information content (AvgIpc) is 3.21. The van der Waals surface area contributed by atoms with Crippen LogP contribution in [0.5, 0.6) is 0 Å². The smallest absolute Gasteiger partial charge is 0.329 e. The third-order valence-corrected chi connectivity index (χ3v) is 10.9. The Labute approximate surface area is 421 Å². The number of hydrogen-bond donors (Lipinski definition) is 4. The van der Waals surface area contributed by atoms with Crippen LogP contribution in [-0.4, -0.2) is 92.1 Å². The van der Waals surface area contributed by atoms with E-state index in [0.29, 0.717) is 24.9 Å². The van der Waals surface area contributed by atoms with Crippen molar-refractivity contribution in [2.45, 2.75) is 305 Å². The first-order valence-electron chi connectivity index (χ1n) is 26.6. The van der Waals surface area contributed by atoms with Gasteiger partial charge in [0.15, 0.2) is 0 Å². The molecule has 0 spiro atoms. The number of carboxylic acids is 2.